The van der Waals surface area contributed by atoms with Crippen LogP contribution in [0.4, 0.5) is 0 Å². The quantitative estimate of drug-likeness (QED) is 0.308. The van der Waals surface area contributed by atoms with Crippen molar-refractivity contribution in [2.24, 2.45) is 5.92 Å². The van der Waals surface area contributed by atoms with E-state index in [-0.39, 0.29) is 23.1 Å². The highest BCUT2D eigenvalue weighted by molar-refractivity contribution is 7.13. The summed E-state index contributed by atoms with van der Waals surface area (Å²) in [5, 5.41) is 12.5. The topological polar surface area (TPSA) is 73.0 Å². The Balaban J connectivity index is 1.53. The van der Waals surface area contributed by atoms with Crippen LogP contribution < -0.4 is 5.56 Å². The van der Waals surface area contributed by atoms with Gasteiger partial charge in [-0.2, -0.15) is 10.2 Å². The minimum atomic E-state index is -0.242. The van der Waals surface area contributed by atoms with Crippen molar-refractivity contribution in [3.05, 3.63) is 99.9 Å². The Bertz CT molecular complexity index is 1570. The van der Waals surface area contributed by atoms with E-state index < -0.39 is 0 Å². The first kappa shape index (κ1) is 23.7. The van der Waals surface area contributed by atoms with Gasteiger partial charge < -0.3 is 4.90 Å². The Kier molecular flexibility index (Phi) is 6.52. The molecule has 8 heteroatoms. The Morgan fingerprint density at radius 3 is 2.39 bits per heavy atom. The average Bonchev–Trinajstić information content (AvgIpc) is 3.56. The zero-order chi connectivity index (χ0) is 25.2. The first-order valence-corrected chi connectivity index (χ1v) is 12.7. The summed E-state index contributed by atoms with van der Waals surface area (Å²) in [5.41, 5.74) is 2.82. The van der Waals surface area contributed by atoms with Gasteiger partial charge in [0, 0.05) is 37.3 Å². The fourth-order valence-corrected chi connectivity index (χ4v) is 4.97. The third kappa shape index (κ3) is 4.59. The van der Waals surface area contributed by atoms with E-state index in [0.717, 1.165) is 21.8 Å². The molecule has 0 unspecified atom stereocenters. The van der Waals surface area contributed by atoms with Crippen LogP contribution in [0, 0.1) is 5.92 Å². The van der Waals surface area contributed by atoms with Gasteiger partial charge in [-0.25, -0.2) is 9.36 Å². The van der Waals surface area contributed by atoms with Crippen molar-refractivity contribution in [1.82, 2.24) is 24.5 Å². The van der Waals surface area contributed by atoms with E-state index in [1.165, 1.54) is 4.68 Å². The second-order valence-electron chi connectivity index (χ2n) is 9.20. The van der Waals surface area contributed by atoms with Crippen molar-refractivity contribution in [2.45, 2.75) is 26.9 Å². The van der Waals surface area contributed by atoms with Crippen LogP contribution in [0.5, 0.6) is 0 Å². The zero-order valence-corrected chi connectivity index (χ0v) is 21.3. The molecule has 0 spiro atoms. The normalized spacial score (nSPS) is 11.3. The van der Waals surface area contributed by atoms with E-state index in [9.17, 15) is 9.59 Å². The highest BCUT2D eigenvalue weighted by Gasteiger charge is 2.23. The molecule has 0 fully saturated rings. The predicted octanol–water partition coefficient (Wildman–Crippen LogP) is 5.24. The summed E-state index contributed by atoms with van der Waals surface area (Å²) in [6, 6.07) is 21.1. The van der Waals surface area contributed by atoms with E-state index in [0.29, 0.717) is 23.9 Å². The van der Waals surface area contributed by atoms with Gasteiger partial charge in [0.25, 0.3) is 11.5 Å². The summed E-state index contributed by atoms with van der Waals surface area (Å²) in [5.74, 6) is -0.0254. The van der Waals surface area contributed by atoms with Crippen molar-refractivity contribution < 1.29 is 4.79 Å². The van der Waals surface area contributed by atoms with E-state index in [2.05, 4.69) is 5.10 Å². The summed E-state index contributed by atoms with van der Waals surface area (Å²) < 4.78 is 3.26. The van der Waals surface area contributed by atoms with Crippen molar-refractivity contribution in [3.63, 3.8) is 0 Å². The van der Waals surface area contributed by atoms with Crippen molar-refractivity contribution in [2.75, 3.05) is 7.05 Å². The molecule has 0 saturated carbocycles. The molecule has 36 heavy (non-hydrogen) atoms. The molecule has 0 radical (unpaired) electrons. The minimum absolute atomic E-state index is 0.178. The van der Waals surface area contributed by atoms with Gasteiger partial charge in [0.1, 0.15) is 5.69 Å². The monoisotopic (exact) mass is 497 g/mol. The molecule has 3 heterocycles. The fraction of sp³-hybridized carbons (Fsp3) is 0.214. The van der Waals surface area contributed by atoms with Crippen molar-refractivity contribution in [3.8, 4) is 16.3 Å². The summed E-state index contributed by atoms with van der Waals surface area (Å²) in [6.07, 6.45) is 1.97. The van der Waals surface area contributed by atoms with E-state index in [1.54, 1.807) is 35.4 Å². The number of carbonyl (C=O) groups excluding carboxylic acids is 1. The average molecular weight is 498 g/mol. The van der Waals surface area contributed by atoms with Gasteiger partial charge in [-0.1, -0.05) is 56.3 Å². The number of amides is 1. The van der Waals surface area contributed by atoms with Gasteiger partial charge in [-0.05, 0) is 35.6 Å². The molecular formula is C28H27N5O2S. The van der Waals surface area contributed by atoms with Crippen LogP contribution in [0.15, 0.2) is 83.1 Å². The molecular weight excluding hydrogens is 470 g/mol. The predicted molar refractivity (Wildman–Crippen MR) is 144 cm³/mol. The molecule has 0 aliphatic rings. The van der Waals surface area contributed by atoms with Crippen LogP contribution in [0.25, 0.3) is 27.0 Å². The van der Waals surface area contributed by atoms with Gasteiger partial charge in [0.05, 0.1) is 16.0 Å². The Morgan fingerprint density at radius 1 is 0.972 bits per heavy atom. The van der Waals surface area contributed by atoms with Gasteiger partial charge in [0.15, 0.2) is 5.69 Å². The molecule has 0 saturated heterocycles. The number of thiophene rings is 1. The standard InChI is InChI=1S/C28H27N5O2S/c1-19(2)16-33-27(34)23-13-8-7-12-22(23)26(30-33)28(35)31(3)17-20-18-32(21-10-5-4-6-11-21)29-25(20)24-14-9-15-36-24/h4-15,18-19H,16-17H2,1-3H3. The second-order valence-corrected chi connectivity index (χ2v) is 10.1. The summed E-state index contributed by atoms with van der Waals surface area (Å²) >= 11 is 1.61. The molecule has 0 N–H and O–H groups in total. The number of nitrogens with zero attached hydrogens (tertiary/aromatic N) is 5. The number of para-hydroxylation sites is 1. The van der Waals surface area contributed by atoms with Crippen LogP contribution in [-0.2, 0) is 13.1 Å². The lowest BCUT2D eigenvalue weighted by molar-refractivity contribution is 0.0778. The van der Waals surface area contributed by atoms with Gasteiger partial charge in [-0.3, -0.25) is 9.59 Å². The minimum Gasteiger partial charge on any atom is -0.336 e. The molecule has 0 atom stereocenters. The number of benzene rings is 2. The Morgan fingerprint density at radius 2 is 1.69 bits per heavy atom. The summed E-state index contributed by atoms with van der Waals surface area (Å²) in [6.45, 7) is 4.83. The largest absolute Gasteiger partial charge is 0.336 e. The smallest absolute Gasteiger partial charge is 0.274 e. The zero-order valence-electron chi connectivity index (χ0n) is 20.5. The maximum absolute atomic E-state index is 13.7. The van der Waals surface area contributed by atoms with Crippen LogP contribution in [0.3, 0.4) is 0 Å². The molecule has 0 aliphatic heterocycles. The van der Waals surface area contributed by atoms with Crippen LogP contribution >= 0.6 is 11.3 Å². The van der Waals surface area contributed by atoms with Gasteiger partial charge in [-0.15, -0.1) is 11.3 Å². The number of aromatic nitrogens is 4. The SMILES string of the molecule is CC(C)Cn1nc(C(=O)N(C)Cc2cn(-c3ccccc3)nc2-c2cccs2)c2ccccc2c1=O. The molecule has 1 amide bonds. The molecule has 7 nitrogen and oxygen atoms in total. The van der Waals surface area contributed by atoms with Crippen LogP contribution in [-0.4, -0.2) is 37.4 Å². The highest BCUT2D eigenvalue weighted by Crippen LogP contribution is 2.29. The maximum atomic E-state index is 13.7. The molecule has 182 valence electrons. The maximum Gasteiger partial charge on any atom is 0.274 e. The first-order chi connectivity index (χ1) is 17.4. The highest BCUT2D eigenvalue weighted by atomic mass is 32.1. The molecule has 5 rings (SSSR count). The second kappa shape index (κ2) is 9.91. The summed E-state index contributed by atoms with van der Waals surface area (Å²) in [4.78, 5) is 29.4. The first-order valence-electron chi connectivity index (χ1n) is 11.9. The molecule has 3 aromatic heterocycles. The summed E-state index contributed by atoms with van der Waals surface area (Å²) in [7, 11) is 1.76. The van der Waals surface area contributed by atoms with Crippen LogP contribution in [0.2, 0.25) is 0 Å². The molecule has 0 aliphatic carbocycles. The van der Waals surface area contributed by atoms with Gasteiger partial charge in [0.2, 0.25) is 0 Å². The fourth-order valence-electron chi connectivity index (χ4n) is 4.23. The Hall–Kier alpha value is -4.04. The lowest BCUT2D eigenvalue weighted by Crippen LogP contribution is -2.32. The number of rotatable bonds is 7. The van der Waals surface area contributed by atoms with E-state index in [1.807, 2.05) is 84.7 Å². The molecule has 0 bridgehead atoms. The molecule has 5 aromatic rings. The molecule has 2 aromatic carbocycles. The van der Waals surface area contributed by atoms with Gasteiger partial charge >= 0.3 is 0 Å². The lowest BCUT2D eigenvalue weighted by atomic mass is 10.1. The van der Waals surface area contributed by atoms with Crippen molar-refractivity contribution >= 4 is 28.0 Å². The lowest BCUT2D eigenvalue weighted by Gasteiger charge is -2.19. The van der Waals surface area contributed by atoms with Crippen molar-refractivity contribution in [1.29, 1.82) is 0 Å². The number of hydrogen-bond donors (Lipinski definition) is 0. The van der Waals surface area contributed by atoms with E-state index >= 15 is 0 Å². The number of fused-ring (bicyclic) bond motifs is 1. The van der Waals surface area contributed by atoms with E-state index in [4.69, 9.17) is 5.10 Å². The number of carbonyl (C=O) groups is 1. The third-order valence-corrected chi connectivity index (χ3v) is 6.80. The van der Waals surface area contributed by atoms with Crippen LogP contribution in [0.1, 0.15) is 29.9 Å². The number of hydrogen-bond acceptors (Lipinski definition) is 5. The third-order valence-electron chi connectivity index (χ3n) is 5.93. The Labute approximate surface area is 213 Å².